The summed E-state index contributed by atoms with van der Waals surface area (Å²) in [5.41, 5.74) is 7.95. The van der Waals surface area contributed by atoms with E-state index in [1.54, 1.807) is 18.6 Å². The molecule has 2 aromatic rings. The van der Waals surface area contributed by atoms with Gasteiger partial charge in [0, 0.05) is 6.08 Å². The van der Waals surface area contributed by atoms with Gasteiger partial charge in [-0.2, -0.15) is 0 Å². The molecule has 0 aliphatic heterocycles. The first kappa shape index (κ1) is 10.2. The Morgan fingerprint density at radius 3 is 2.62 bits per heavy atom. The number of benzene rings is 1. The van der Waals surface area contributed by atoms with Gasteiger partial charge in [0.05, 0.1) is 18.2 Å². The number of nitrogens with zero attached hydrogens (tertiary/aromatic N) is 1. The lowest BCUT2D eigenvalue weighted by molar-refractivity contribution is -0.113. The van der Waals surface area contributed by atoms with Crippen LogP contribution in [0, 0.1) is 0 Å². The van der Waals surface area contributed by atoms with Gasteiger partial charge < -0.3 is 10.7 Å². The molecule has 0 fully saturated rings. The van der Waals surface area contributed by atoms with Crippen molar-refractivity contribution in [3.63, 3.8) is 0 Å². The zero-order chi connectivity index (χ0) is 11.4. The van der Waals surface area contributed by atoms with Crippen LogP contribution >= 0.6 is 0 Å². The molecular formula is C12H11N3O. The van der Waals surface area contributed by atoms with Crippen molar-refractivity contribution in [2.24, 2.45) is 5.73 Å². The molecular weight excluding hydrogens is 202 g/mol. The number of imidazole rings is 1. The highest BCUT2D eigenvalue weighted by molar-refractivity contribution is 5.90. The molecule has 0 aliphatic carbocycles. The van der Waals surface area contributed by atoms with Crippen molar-refractivity contribution in [2.45, 2.75) is 0 Å². The van der Waals surface area contributed by atoms with Crippen molar-refractivity contribution in [1.82, 2.24) is 9.97 Å². The standard InChI is InChI=1S/C12H11N3O/c13-12(16)6-3-9-1-4-10(5-2-9)11-7-14-8-15-11/h1-8H,(H2,13,16)(H,14,15). The Kier molecular flexibility index (Phi) is 2.82. The molecule has 0 saturated carbocycles. The van der Waals surface area contributed by atoms with Gasteiger partial charge in [0.2, 0.25) is 5.91 Å². The van der Waals surface area contributed by atoms with Gasteiger partial charge in [-0.05, 0) is 17.2 Å². The van der Waals surface area contributed by atoms with Gasteiger partial charge >= 0.3 is 0 Å². The molecule has 80 valence electrons. The fourth-order valence-electron chi connectivity index (χ4n) is 1.37. The zero-order valence-electron chi connectivity index (χ0n) is 8.55. The molecule has 4 heteroatoms. The highest BCUT2D eigenvalue weighted by Crippen LogP contribution is 2.16. The summed E-state index contributed by atoms with van der Waals surface area (Å²) < 4.78 is 0. The van der Waals surface area contributed by atoms with E-state index in [4.69, 9.17) is 5.73 Å². The average Bonchev–Trinajstić information content (AvgIpc) is 2.80. The minimum Gasteiger partial charge on any atom is -0.366 e. The lowest BCUT2D eigenvalue weighted by Crippen LogP contribution is -2.04. The summed E-state index contributed by atoms with van der Waals surface area (Å²) in [6.07, 6.45) is 6.41. The molecule has 1 amide bonds. The normalized spacial score (nSPS) is 10.8. The predicted molar refractivity (Wildman–Crippen MR) is 62.3 cm³/mol. The predicted octanol–water partition coefficient (Wildman–Crippen LogP) is 1.58. The van der Waals surface area contributed by atoms with E-state index in [9.17, 15) is 4.79 Å². The SMILES string of the molecule is NC(=O)C=Cc1ccc(-c2cnc[nH]2)cc1. The molecule has 1 aromatic carbocycles. The molecule has 4 nitrogen and oxygen atoms in total. The summed E-state index contributed by atoms with van der Waals surface area (Å²) >= 11 is 0. The van der Waals surface area contributed by atoms with E-state index >= 15 is 0 Å². The summed E-state index contributed by atoms with van der Waals surface area (Å²) in [6, 6.07) is 7.73. The number of amides is 1. The molecule has 1 heterocycles. The van der Waals surface area contributed by atoms with E-state index in [1.165, 1.54) is 6.08 Å². The van der Waals surface area contributed by atoms with E-state index in [-0.39, 0.29) is 0 Å². The number of hydrogen-bond acceptors (Lipinski definition) is 2. The number of primary amides is 1. The topological polar surface area (TPSA) is 71.8 Å². The third-order valence-corrected chi connectivity index (χ3v) is 2.16. The molecule has 0 radical (unpaired) electrons. The molecule has 3 N–H and O–H groups in total. The van der Waals surface area contributed by atoms with Crippen LogP contribution in [0.5, 0.6) is 0 Å². The third-order valence-electron chi connectivity index (χ3n) is 2.16. The van der Waals surface area contributed by atoms with Crippen LogP contribution in [0.25, 0.3) is 17.3 Å². The van der Waals surface area contributed by atoms with Crippen LogP contribution in [0.4, 0.5) is 0 Å². The third kappa shape index (κ3) is 2.36. The van der Waals surface area contributed by atoms with Crippen molar-refractivity contribution < 1.29 is 4.79 Å². The minimum absolute atomic E-state index is 0.447. The number of aromatic amines is 1. The molecule has 16 heavy (non-hydrogen) atoms. The fourth-order valence-corrected chi connectivity index (χ4v) is 1.37. The van der Waals surface area contributed by atoms with Crippen molar-refractivity contribution in [2.75, 3.05) is 0 Å². The van der Waals surface area contributed by atoms with Gasteiger partial charge in [-0.3, -0.25) is 4.79 Å². The maximum atomic E-state index is 10.5. The maximum Gasteiger partial charge on any atom is 0.241 e. The Bertz CT molecular complexity index is 498. The number of rotatable bonds is 3. The van der Waals surface area contributed by atoms with Gasteiger partial charge in [0.1, 0.15) is 0 Å². The van der Waals surface area contributed by atoms with Crippen molar-refractivity contribution in [1.29, 1.82) is 0 Å². The van der Waals surface area contributed by atoms with Crippen molar-refractivity contribution >= 4 is 12.0 Å². The number of hydrogen-bond donors (Lipinski definition) is 2. The number of nitrogens with two attached hydrogens (primary N) is 1. The van der Waals surface area contributed by atoms with Gasteiger partial charge in [-0.25, -0.2) is 4.98 Å². The maximum absolute atomic E-state index is 10.5. The molecule has 0 atom stereocenters. The Morgan fingerprint density at radius 2 is 2.06 bits per heavy atom. The quantitative estimate of drug-likeness (QED) is 0.760. The Labute approximate surface area is 92.8 Å². The molecule has 0 spiro atoms. The smallest absolute Gasteiger partial charge is 0.241 e. The zero-order valence-corrected chi connectivity index (χ0v) is 8.55. The fraction of sp³-hybridized carbons (Fsp3) is 0. The summed E-state index contributed by atoms with van der Waals surface area (Å²) in [5.74, 6) is -0.447. The van der Waals surface area contributed by atoms with Crippen LogP contribution in [0.3, 0.4) is 0 Å². The van der Waals surface area contributed by atoms with Gasteiger partial charge in [0.25, 0.3) is 0 Å². The second kappa shape index (κ2) is 4.44. The van der Waals surface area contributed by atoms with E-state index in [2.05, 4.69) is 9.97 Å². The molecule has 2 rings (SSSR count). The molecule has 0 aliphatic rings. The summed E-state index contributed by atoms with van der Waals surface area (Å²) in [5, 5.41) is 0. The Balaban J connectivity index is 2.20. The molecule has 0 saturated heterocycles. The van der Waals surface area contributed by atoms with Crippen LogP contribution in [0.15, 0.2) is 42.9 Å². The van der Waals surface area contributed by atoms with E-state index in [1.807, 2.05) is 24.3 Å². The van der Waals surface area contributed by atoms with Crippen LogP contribution in [0.2, 0.25) is 0 Å². The van der Waals surface area contributed by atoms with Crippen LogP contribution in [0.1, 0.15) is 5.56 Å². The number of aromatic nitrogens is 2. The number of nitrogens with one attached hydrogen (secondary N) is 1. The molecule has 0 unspecified atom stereocenters. The van der Waals surface area contributed by atoms with Gasteiger partial charge in [0.15, 0.2) is 0 Å². The second-order valence-electron chi connectivity index (χ2n) is 3.32. The Hall–Kier alpha value is -2.36. The molecule has 0 bridgehead atoms. The number of carbonyl (C=O) groups excluding carboxylic acids is 1. The van der Waals surface area contributed by atoms with Gasteiger partial charge in [-0.1, -0.05) is 24.3 Å². The number of carbonyl (C=O) groups is 1. The highest BCUT2D eigenvalue weighted by atomic mass is 16.1. The summed E-state index contributed by atoms with van der Waals surface area (Å²) in [6.45, 7) is 0. The van der Waals surface area contributed by atoms with E-state index in [0.29, 0.717) is 0 Å². The first-order valence-corrected chi connectivity index (χ1v) is 4.82. The summed E-state index contributed by atoms with van der Waals surface area (Å²) in [7, 11) is 0. The largest absolute Gasteiger partial charge is 0.366 e. The number of H-pyrrole nitrogens is 1. The highest BCUT2D eigenvalue weighted by Gasteiger charge is 1.97. The lowest BCUT2D eigenvalue weighted by atomic mass is 10.1. The second-order valence-corrected chi connectivity index (χ2v) is 3.32. The van der Waals surface area contributed by atoms with Crippen molar-refractivity contribution in [3.8, 4) is 11.3 Å². The van der Waals surface area contributed by atoms with Crippen molar-refractivity contribution in [3.05, 3.63) is 48.4 Å². The average molecular weight is 213 g/mol. The first-order chi connectivity index (χ1) is 7.75. The van der Waals surface area contributed by atoms with E-state index < -0.39 is 5.91 Å². The summed E-state index contributed by atoms with van der Waals surface area (Å²) in [4.78, 5) is 17.5. The van der Waals surface area contributed by atoms with Crippen LogP contribution in [-0.4, -0.2) is 15.9 Å². The van der Waals surface area contributed by atoms with Gasteiger partial charge in [-0.15, -0.1) is 0 Å². The van der Waals surface area contributed by atoms with Crippen LogP contribution in [-0.2, 0) is 4.79 Å². The molecule has 1 aromatic heterocycles. The minimum atomic E-state index is -0.447. The van der Waals surface area contributed by atoms with Crippen LogP contribution < -0.4 is 5.73 Å². The van der Waals surface area contributed by atoms with E-state index in [0.717, 1.165) is 16.8 Å². The monoisotopic (exact) mass is 213 g/mol. The Morgan fingerprint density at radius 1 is 1.31 bits per heavy atom. The lowest BCUT2D eigenvalue weighted by Gasteiger charge is -1.98. The first-order valence-electron chi connectivity index (χ1n) is 4.82.